The topological polar surface area (TPSA) is 40.5 Å². The summed E-state index contributed by atoms with van der Waals surface area (Å²) >= 11 is 0. The molecule has 0 aliphatic carbocycles. The molecular weight excluding hydrogens is 221 g/mol. The van der Waals surface area contributed by atoms with Gasteiger partial charge in [0, 0.05) is 13.2 Å². The van der Waals surface area contributed by atoms with Gasteiger partial charge in [0.05, 0.1) is 6.29 Å². The second-order valence-electron chi connectivity index (χ2n) is 4.05. The van der Waals surface area contributed by atoms with Crippen LogP contribution in [0.3, 0.4) is 0 Å². The Balaban J connectivity index is 0. The predicted molar refractivity (Wildman–Crippen MR) is 73.3 cm³/mol. The van der Waals surface area contributed by atoms with Crippen molar-refractivity contribution in [1.29, 1.82) is 0 Å². The van der Waals surface area contributed by atoms with Gasteiger partial charge in [-0.25, -0.2) is 0 Å². The molecule has 0 aromatic rings. The zero-order valence-corrected chi connectivity index (χ0v) is 12.6. The summed E-state index contributed by atoms with van der Waals surface area (Å²) in [5, 5.41) is 0. The summed E-state index contributed by atoms with van der Waals surface area (Å²) in [5.41, 5.74) is 1.25. The Morgan fingerprint density at radius 1 is 1.38 bits per heavy atom. The normalized spacial score (nSPS) is 13.8. The summed E-state index contributed by atoms with van der Waals surface area (Å²) in [6.45, 7) is 13.2. The van der Waals surface area contributed by atoms with Crippen molar-refractivity contribution in [3.8, 4) is 0 Å². The number of hydrogen-bond donors (Lipinski definition) is 1. The van der Waals surface area contributed by atoms with Crippen molar-refractivity contribution in [2.75, 3.05) is 26.0 Å². The summed E-state index contributed by atoms with van der Waals surface area (Å²) in [6, 6.07) is 0. The fourth-order valence-electron chi connectivity index (χ4n) is 1.22. The summed E-state index contributed by atoms with van der Waals surface area (Å²) in [4.78, 5) is 11.3. The molecule has 0 amide bonds. The fraction of sp³-hybridized carbons (Fsp3) is 0.833. The van der Waals surface area contributed by atoms with Gasteiger partial charge in [-0.05, 0) is 26.8 Å². The van der Waals surface area contributed by atoms with Crippen LogP contribution >= 0.6 is 7.37 Å². The SMILES string of the molecule is CC.CCCN(CC=C(C)C)CP(C)(=O)O. The molecule has 98 valence electrons. The standard InChI is InChI=1S/C10H22NO2P.C2H6/c1-5-7-11(8-6-10(2)3)9-14(4,12)13;1-2/h6H,5,7-9H2,1-4H3,(H,12,13);1-2H3. The lowest BCUT2D eigenvalue weighted by molar-refractivity contribution is 0.331. The van der Waals surface area contributed by atoms with Gasteiger partial charge in [0.2, 0.25) is 7.37 Å². The lowest BCUT2D eigenvalue weighted by Gasteiger charge is -2.21. The molecule has 1 atom stereocenters. The van der Waals surface area contributed by atoms with Crippen LogP contribution in [0.5, 0.6) is 0 Å². The van der Waals surface area contributed by atoms with Gasteiger partial charge in [0.25, 0.3) is 0 Å². The molecule has 3 nitrogen and oxygen atoms in total. The maximum Gasteiger partial charge on any atom is 0.211 e. The van der Waals surface area contributed by atoms with Crippen LogP contribution in [0, 0.1) is 0 Å². The van der Waals surface area contributed by atoms with Crippen molar-refractivity contribution < 1.29 is 9.46 Å². The average Bonchev–Trinajstić information content (AvgIpc) is 2.15. The molecule has 0 radical (unpaired) electrons. The Morgan fingerprint density at radius 3 is 2.19 bits per heavy atom. The van der Waals surface area contributed by atoms with E-state index in [9.17, 15) is 9.46 Å². The van der Waals surface area contributed by atoms with E-state index >= 15 is 0 Å². The van der Waals surface area contributed by atoms with E-state index in [0.29, 0.717) is 6.29 Å². The minimum Gasteiger partial charge on any atom is -0.344 e. The molecule has 1 N–H and O–H groups in total. The third-order valence-corrected chi connectivity index (χ3v) is 2.68. The molecule has 0 aliphatic heterocycles. The van der Waals surface area contributed by atoms with Crippen LogP contribution in [0.1, 0.15) is 41.0 Å². The van der Waals surface area contributed by atoms with Gasteiger partial charge in [-0.15, -0.1) is 0 Å². The molecule has 16 heavy (non-hydrogen) atoms. The van der Waals surface area contributed by atoms with Crippen LogP contribution in [0.15, 0.2) is 11.6 Å². The van der Waals surface area contributed by atoms with E-state index in [1.165, 1.54) is 12.2 Å². The van der Waals surface area contributed by atoms with E-state index in [0.717, 1.165) is 19.5 Å². The van der Waals surface area contributed by atoms with Crippen LogP contribution in [-0.4, -0.2) is 35.8 Å². The quantitative estimate of drug-likeness (QED) is 0.578. The molecule has 0 spiro atoms. The maximum atomic E-state index is 11.2. The molecule has 0 aromatic carbocycles. The van der Waals surface area contributed by atoms with Gasteiger partial charge in [0.1, 0.15) is 0 Å². The van der Waals surface area contributed by atoms with Crippen molar-refractivity contribution in [1.82, 2.24) is 4.90 Å². The molecule has 0 heterocycles. The van der Waals surface area contributed by atoms with E-state index in [1.807, 2.05) is 32.6 Å². The first kappa shape index (κ1) is 18.3. The Kier molecular flexibility index (Phi) is 11.5. The van der Waals surface area contributed by atoms with Gasteiger partial charge < -0.3 is 4.89 Å². The first-order valence-corrected chi connectivity index (χ1v) is 8.29. The Bertz CT molecular complexity index is 229. The summed E-state index contributed by atoms with van der Waals surface area (Å²) in [7, 11) is -2.91. The number of rotatable bonds is 6. The summed E-state index contributed by atoms with van der Waals surface area (Å²) < 4.78 is 11.2. The van der Waals surface area contributed by atoms with Crippen molar-refractivity contribution in [3.63, 3.8) is 0 Å². The molecule has 0 fully saturated rings. The van der Waals surface area contributed by atoms with Crippen LogP contribution < -0.4 is 0 Å². The van der Waals surface area contributed by atoms with E-state index in [2.05, 4.69) is 13.0 Å². The van der Waals surface area contributed by atoms with Gasteiger partial charge in [-0.2, -0.15) is 0 Å². The molecule has 0 saturated heterocycles. The largest absolute Gasteiger partial charge is 0.344 e. The predicted octanol–water partition coefficient (Wildman–Crippen LogP) is 3.55. The molecule has 0 aliphatic rings. The number of hydrogen-bond acceptors (Lipinski definition) is 2. The second kappa shape index (κ2) is 10.1. The van der Waals surface area contributed by atoms with Gasteiger partial charge in [-0.1, -0.05) is 32.4 Å². The molecule has 0 saturated carbocycles. The van der Waals surface area contributed by atoms with Crippen molar-refractivity contribution in [2.45, 2.75) is 41.0 Å². The van der Waals surface area contributed by atoms with Gasteiger partial charge >= 0.3 is 0 Å². The lowest BCUT2D eigenvalue weighted by atomic mass is 10.3. The van der Waals surface area contributed by atoms with E-state index in [1.54, 1.807) is 0 Å². The highest BCUT2D eigenvalue weighted by Crippen LogP contribution is 2.35. The van der Waals surface area contributed by atoms with E-state index in [4.69, 9.17) is 0 Å². The lowest BCUT2D eigenvalue weighted by Crippen LogP contribution is -2.25. The average molecular weight is 249 g/mol. The minimum absolute atomic E-state index is 0.296. The highest BCUT2D eigenvalue weighted by Gasteiger charge is 2.14. The Labute approximate surface area is 101 Å². The minimum atomic E-state index is -2.91. The van der Waals surface area contributed by atoms with E-state index < -0.39 is 7.37 Å². The molecule has 4 heteroatoms. The van der Waals surface area contributed by atoms with E-state index in [-0.39, 0.29) is 0 Å². The monoisotopic (exact) mass is 249 g/mol. The summed E-state index contributed by atoms with van der Waals surface area (Å²) in [6.07, 6.45) is 3.40. The Morgan fingerprint density at radius 2 is 1.88 bits per heavy atom. The van der Waals surface area contributed by atoms with Crippen molar-refractivity contribution >= 4 is 7.37 Å². The molecule has 0 bridgehead atoms. The molecule has 0 aromatic heterocycles. The first-order valence-electron chi connectivity index (χ1n) is 6.00. The van der Waals surface area contributed by atoms with Crippen LogP contribution in [-0.2, 0) is 4.57 Å². The number of nitrogens with zero attached hydrogens (tertiary/aromatic N) is 1. The third kappa shape index (κ3) is 13.9. The maximum absolute atomic E-state index is 11.2. The van der Waals surface area contributed by atoms with Crippen molar-refractivity contribution in [2.24, 2.45) is 0 Å². The smallest absolute Gasteiger partial charge is 0.211 e. The molecular formula is C12H28NO2P. The van der Waals surface area contributed by atoms with Crippen LogP contribution in [0.25, 0.3) is 0 Å². The second-order valence-corrected chi connectivity index (χ2v) is 6.44. The fourth-order valence-corrected chi connectivity index (χ4v) is 2.22. The number of allylic oxidation sites excluding steroid dienone is 1. The van der Waals surface area contributed by atoms with Gasteiger partial charge in [0.15, 0.2) is 0 Å². The first-order chi connectivity index (χ1) is 7.35. The highest BCUT2D eigenvalue weighted by atomic mass is 31.2. The molecule has 0 rings (SSSR count). The zero-order chi connectivity index (χ0) is 13.2. The van der Waals surface area contributed by atoms with Crippen LogP contribution in [0.4, 0.5) is 0 Å². The van der Waals surface area contributed by atoms with Crippen LogP contribution in [0.2, 0.25) is 0 Å². The summed E-state index contributed by atoms with van der Waals surface area (Å²) in [5.74, 6) is 0. The zero-order valence-electron chi connectivity index (χ0n) is 11.7. The highest BCUT2D eigenvalue weighted by molar-refractivity contribution is 7.57. The van der Waals surface area contributed by atoms with Crippen molar-refractivity contribution in [3.05, 3.63) is 11.6 Å². The molecule has 1 unspecified atom stereocenters. The Hall–Kier alpha value is -0.110. The third-order valence-electron chi connectivity index (χ3n) is 1.76. The van der Waals surface area contributed by atoms with Gasteiger partial charge in [-0.3, -0.25) is 9.46 Å².